The maximum absolute atomic E-state index is 5.74. The summed E-state index contributed by atoms with van der Waals surface area (Å²) >= 11 is 0. The lowest BCUT2D eigenvalue weighted by Crippen LogP contribution is -2.30. The van der Waals surface area contributed by atoms with Crippen LogP contribution in [0.2, 0.25) is 19.6 Å². The molecule has 0 aromatic heterocycles. The Morgan fingerprint density at radius 3 is 1.80 bits per heavy atom. The molecule has 0 rings (SSSR count). The van der Waals surface area contributed by atoms with Crippen molar-refractivity contribution in [2.75, 3.05) is 6.61 Å². The highest BCUT2D eigenvalue weighted by Gasteiger charge is 2.18. The molecule has 10 heavy (non-hydrogen) atoms. The van der Waals surface area contributed by atoms with Crippen molar-refractivity contribution in [3.63, 3.8) is 0 Å². The molecule has 0 atom stereocenters. The summed E-state index contributed by atoms with van der Waals surface area (Å²) in [6.45, 7) is 16.9. The van der Waals surface area contributed by atoms with Crippen molar-refractivity contribution in [3.05, 3.63) is 6.92 Å². The van der Waals surface area contributed by atoms with Gasteiger partial charge in [0.15, 0.2) is 8.32 Å². The molecule has 0 amide bonds. The Morgan fingerprint density at radius 1 is 1.30 bits per heavy atom. The first-order chi connectivity index (χ1) is 4.21. The lowest BCUT2D eigenvalue weighted by molar-refractivity contribution is 0.213. The van der Waals surface area contributed by atoms with Crippen molar-refractivity contribution in [2.24, 2.45) is 5.41 Å². The first-order valence-electron chi connectivity index (χ1n) is 3.64. The fourth-order valence-electron chi connectivity index (χ4n) is 0.403. The summed E-state index contributed by atoms with van der Waals surface area (Å²) in [5, 5.41) is 0. The van der Waals surface area contributed by atoms with E-state index >= 15 is 0 Å². The molecule has 0 aliphatic heterocycles. The van der Waals surface area contributed by atoms with Crippen molar-refractivity contribution in [1.29, 1.82) is 0 Å². The smallest absolute Gasteiger partial charge is 0.183 e. The molecule has 60 valence electrons. The van der Waals surface area contributed by atoms with E-state index in [4.69, 9.17) is 11.3 Å². The molecule has 0 aromatic rings. The van der Waals surface area contributed by atoms with E-state index in [2.05, 4.69) is 19.6 Å². The summed E-state index contributed by atoms with van der Waals surface area (Å²) in [5.74, 6) is 0. The number of rotatable bonds is 3. The van der Waals surface area contributed by atoms with Gasteiger partial charge in [-0.15, -0.1) is 0 Å². The molecule has 0 heterocycles. The average Bonchev–Trinajstić information content (AvgIpc) is 1.57. The summed E-state index contributed by atoms with van der Waals surface area (Å²) in [4.78, 5) is 0. The summed E-state index contributed by atoms with van der Waals surface area (Å²) in [6.07, 6.45) is 0. The third-order valence-corrected chi connectivity index (χ3v) is 1.89. The van der Waals surface area contributed by atoms with Gasteiger partial charge in [0, 0.05) is 6.61 Å². The van der Waals surface area contributed by atoms with Crippen LogP contribution < -0.4 is 0 Å². The van der Waals surface area contributed by atoms with Crippen molar-refractivity contribution < 1.29 is 4.43 Å². The summed E-state index contributed by atoms with van der Waals surface area (Å²) < 4.78 is 5.61. The molecular formula is C8H18OSi. The lowest BCUT2D eigenvalue weighted by Gasteiger charge is -2.24. The Kier molecular flexibility index (Phi) is 3.11. The molecule has 0 bridgehead atoms. The maximum Gasteiger partial charge on any atom is 0.183 e. The third-order valence-electron chi connectivity index (χ3n) is 0.877. The maximum atomic E-state index is 5.74. The highest BCUT2D eigenvalue weighted by Crippen LogP contribution is 2.15. The van der Waals surface area contributed by atoms with E-state index < -0.39 is 8.32 Å². The van der Waals surface area contributed by atoms with Gasteiger partial charge in [-0.1, -0.05) is 13.8 Å². The predicted molar refractivity (Wildman–Crippen MR) is 47.4 cm³/mol. The fourth-order valence-corrected chi connectivity index (χ4v) is 1.21. The zero-order valence-corrected chi connectivity index (χ0v) is 8.69. The minimum Gasteiger partial charge on any atom is -0.417 e. The highest BCUT2D eigenvalue weighted by molar-refractivity contribution is 6.69. The molecule has 0 fully saturated rings. The van der Waals surface area contributed by atoms with Gasteiger partial charge in [0.05, 0.1) is 0 Å². The second-order valence-corrected chi connectivity index (χ2v) is 8.90. The topological polar surface area (TPSA) is 9.23 Å². The Hall–Kier alpha value is 0.177. The molecule has 1 nitrogen and oxygen atoms in total. The fraction of sp³-hybridized carbons (Fsp3) is 0.875. The van der Waals surface area contributed by atoms with Crippen LogP contribution in [0.3, 0.4) is 0 Å². The molecule has 0 saturated heterocycles. The van der Waals surface area contributed by atoms with Gasteiger partial charge in [0.1, 0.15) is 0 Å². The Labute approximate surface area is 65.9 Å². The van der Waals surface area contributed by atoms with E-state index in [0.717, 1.165) is 0 Å². The monoisotopic (exact) mass is 158 g/mol. The van der Waals surface area contributed by atoms with Crippen LogP contribution in [0.5, 0.6) is 0 Å². The van der Waals surface area contributed by atoms with Crippen molar-refractivity contribution in [2.45, 2.75) is 33.5 Å². The first-order valence-corrected chi connectivity index (χ1v) is 7.04. The van der Waals surface area contributed by atoms with Crippen LogP contribution in [0.1, 0.15) is 13.8 Å². The summed E-state index contributed by atoms with van der Waals surface area (Å²) in [7, 11) is -1.35. The quantitative estimate of drug-likeness (QED) is 0.574. The second kappa shape index (κ2) is 3.05. The largest absolute Gasteiger partial charge is 0.417 e. The van der Waals surface area contributed by atoms with Crippen LogP contribution in [0.4, 0.5) is 0 Å². The van der Waals surface area contributed by atoms with Crippen LogP contribution in [-0.2, 0) is 4.43 Å². The normalized spacial score (nSPS) is 13.8. The minimum atomic E-state index is -1.35. The summed E-state index contributed by atoms with van der Waals surface area (Å²) in [5.41, 5.74) is -0.180. The van der Waals surface area contributed by atoms with Gasteiger partial charge in [-0.3, -0.25) is 0 Å². The van der Waals surface area contributed by atoms with E-state index in [0.29, 0.717) is 6.61 Å². The minimum absolute atomic E-state index is 0.180. The van der Waals surface area contributed by atoms with Crippen LogP contribution in [0.15, 0.2) is 0 Å². The van der Waals surface area contributed by atoms with Crippen LogP contribution in [0.25, 0.3) is 0 Å². The van der Waals surface area contributed by atoms with Gasteiger partial charge in [0.25, 0.3) is 0 Å². The van der Waals surface area contributed by atoms with E-state index in [-0.39, 0.29) is 5.41 Å². The van der Waals surface area contributed by atoms with Crippen LogP contribution >= 0.6 is 0 Å². The van der Waals surface area contributed by atoms with Crippen molar-refractivity contribution in [3.8, 4) is 0 Å². The van der Waals surface area contributed by atoms with Crippen LogP contribution in [-0.4, -0.2) is 14.9 Å². The first kappa shape index (κ1) is 10.2. The molecule has 0 aliphatic rings. The van der Waals surface area contributed by atoms with E-state index in [9.17, 15) is 0 Å². The van der Waals surface area contributed by atoms with E-state index in [1.54, 1.807) is 0 Å². The van der Waals surface area contributed by atoms with Gasteiger partial charge in [-0.25, -0.2) is 0 Å². The number of hydrogen-bond acceptors (Lipinski definition) is 1. The molecule has 0 aliphatic carbocycles. The molecular weight excluding hydrogens is 140 g/mol. The van der Waals surface area contributed by atoms with E-state index in [1.165, 1.54) is 0 Å². The standard InChI is InChI=1S/C8H18OSi/c1-8(2,3)7-9-10(4,5)6/h1H,7H2,2-6H3. The molecule has 2 heteroatoms. The molecule has 0 unspecified atom stereocenters. The molecule has 0 aromatic carbocycles. The zero-order valence-electron chi connectivity index (χ0n) is 7.69. The van der Waals surface area contributed by atoms with Gasteiger partial charge >= 0.3 is 0 Å². The number of hydrogen-bond donors (Lipinski definition) is 0. The van der Waals surface area contributed by atoms with Gasteiger partial charge < -0.3 is 4.43 Å². The molecule has 0 N–H and O–H groups in total. The predicted octanol–water partition coefficient (Wildman–Crippen LogP) is 2.58. The molecule has 0 spiro atoms. The summed E-state index contributed by atoms with van der Waals surface area (Å²) in [6, 6.07) is 0. The average molecular weight is 158 g/mol. The Balaban J connectivity index is 3.56. The van der Waals surface area contributed by atoms with Gasteiger partial charge in [-0.2, -0.15) is 0 Å². The van der Waals surface area contributed by atoms with Gasteiger partial charge in [-0.05, 0) is 32.0 Å². The van der Waals surface area contributed by atoms with Crippen molar-refractivity contribution >= 4 is 8.32 Å². The van der Waals surface area contributed by atoms with E-state index in [1.807, 2.05) is 13.8 Å². The molecule has 2 radical (unpaired) electrons. The second-order valence-electron chi connectivity index (χ2n) is 4.39. The highest BCUT2D eigenvalue weighted by atomic mass is 28.4. The Morgan fingerprint density at radius 2 is 1.70 bits per heavy atom. The van der Waals surface area contributed by atoms with Gasteiger partial charge in [0.2, 0.25) is 0 Å². The third kappa shape index (κ3) is 8.18. The zero-order chi connectivity index (χ0) is 8.41. The Bertz CT molecular complexity index is 82.8. The SMILES string of the molecule is [CH]C(C)(C)CO[Si](C)(C)C. The van der Waals surface area contributed by atoms with Crippen molar-refractivity contribution in [1.82, 2.24) is 0 Å². The lowest BCUT2D eigenvalue weighted by atomic mass is 9.99. The van der Waals surface area contributed by atoms with Crippen LogP contribution in [0, 0.1) is 12.3 Å². The molecule has 0 saturated carbocycles.